The van der Waals surface area contributed by atoms with Crippen molar-refractivity contribution < 1.29 is 9.53 Å². The highest BCUT2D eigenvalue weighted by molar-refractivity contribution is 6.35. The molecule has 3 nitrogen and oxygen atoms in total. The topological polar surface area (TPSA) is 38.3 Å². The maximum absolute atomic E-state index is 12.1. The number of carbonyl (C=O) groups excluding carboxylic acids is 1. The van der Waals surface area contributed by atoms with Gasteiger partial charge in [-0.1, -0.05) is 42.3 Å². The maximum atomic E-state index is 12.1. The van der Waals surface area contributed by atoms with Crippen LogP contribution in [0.2, 0.25) is 10.0 Å². The molecule has 0 saturated carbocycles. The van der Waals surface area contributed by atoms with Crippen LogP contribution in [-0.2, 0) is 11.2 Å². The van der Waals surface area contributed by atoms with Crippen molar-refractivity contribution in [2.75, 3.05) is 5.32 Å². The van der Waals surface area contributed by atoms with E-state index in [0.717, 1.165) is 12.1 Å². The van der Waals surface area contributed by atoms with Gasteiger partial charge in [-0.3, -0.25) is 4.79 Å². The van der Waals surface area contributed by atoms with Crippen LogP contribution >= 0.6 is 23.2 Å². The van der Waals surface area contributed by atoms with Crippen LogP contribution in [-0.4, -0.2) is 12.0 Å². The molecule has 5 heteroatoms. The Balaban J connectivity index is 1.99. The Morgan fingerprint density at radius 1 is 1.18 bits per heavy atom. The molecule has 2 aromatic rings. The molecule has 1 amide bonds. The lowest BCUT2D eigenvalue weighted by atomic mass is 10.1. The van der Waals surface area contributed by atoms with E-state index in [9.17, 15) is 4.79 Å². The van der Waals surface area contributed by atoms with Crippen LogP contribution in [0.15, 0.2) is 42.5 Å². The quantitative estimate of drug-likeness (QED) is 0.837. The first-order valence-corrected chi connectivity index (χ1v) is 7.76. The van der Waals surface area contributed by atoms with E-state index in [1.165, 1.54) is 5.56 Å². The molecule has 2 aromatic carbocycles. The summed E-state index contributed by atoms with van der Waals surface area (Å²) >= 11 is 11.9. The van der Waals surface area contributed by atoms with Crippen LogP contribution in [0, 0.1) is 0 Å². The summed E-state index contributed by atoms with van der Waals surface area (Å²) in [7, 11) is 0. The molecular weight excluding hydrogens is 321 g/mol. The Labute approximate surface area is 140 Å². The van der Waals surface area contributed by atoms with Gasteiger partial charge < -0.3 is 10.1 Å². The maximum Gasteiger partial charge on any atom is 0.265 e. The predicted octanol–water partition coefficient (Wildman–Crippen LogP) is 4.96. The van der Waals surface area contributed by atoms with Gasteiger partial charge in [0.1, 0.15) is 5.75 Å². The fraction of sp³-hybridized carbons (Fsp3) is 0.235. The molecule has 0 saturated heterocycles. The Morgan fingerprint density at radius 2 is 1.86 bits per heavy atom. The fourth-order valence-electron chi connectivity index (χ4n) is 1.88. The second kappa shape index (κ2) is 7.52. The highest BCUT2D eigenvalue weighted by Gasteiger charge is 2.16. The monoisotopic (exact) mass is 337 g/mol. The van der Waals surface area contributed by atoms with Gasteiger partial charge in [-0.15, -0.1) is 0 Å². The summed E-state index contributed by atoms with van der Waals surface area (Å²) in [5.74, 6) is 0.185. The summed E-state index contributed by atoms with van der Waals surface area (Å²) < 4.78 is 5.58. The molecule has 22 heavy (non-hydrogen) atoms. The van der Waals surface area contributed by atoms with E-state index in [0.29, 0.717) is 15.8 Å². The first kappa shape index (κ1) is 16.7. The van der Waals surface area contributed by atoms with Gasteiger partial charge in [0.25, 0.3) is 5.91 Å². The van der Waals surface area contributed by atoms with Crippen molar-refractivity contribution in [3.05, 3.63) is 58.1 Å². The Kier molecular flexibility index (Phi) is 5.69. The number of rotatable bonds is 5. The zero-order chi connectivity index (χ0) is 16.1. The normalized spacial score (nSPS) is 11.8. The van der Waals surface area contributed by atoms with Gasteiger partial charge in [-0.25, -0.2) is 0 Å². The highest BCUT2D eigenvalue weighted by atomic mass is 35.5. The number of hydrogen-bond donors (Lipinski definition) is 1. The molecule has 0 aliphatic carbocycles. The van der Waals surface area contributed by atoms with E-state index in [1.54, 1.807) is 25.1 Å². The average molecular weight is 338 g/mol. The number of carbonyl (C=O) groups is 1. The zero-order valence-corrected chi connectivity index (χ0v) is 13.9. The van der Waals surface area contributed by atoms with E-state index in [4.69, 9.17) is 27.9 Å². The SMILES string of the molecule is CCc1ccc(NC(=O)C(C)Oc2ccc(Cl)cc2Cl)cc1. The zero-order valence-electron chi connectivity index (χ0n) is 12.4. The number of benzene rings is 2. The van der Waals surface area contributed by atoms with Crippen LogP contribution < -0.4 is 10.1 Å². The van der Waals surface area contributed by atoms with Crippen LogP contribution in [0.25, 0.3) is 0 Å². The van der Waals surface area contributed by atoms with E-state index in [2.05, 4.69) is 12.2 Å². The second-order valence-corrected chi connectivity index (χ2v) is 5.72. The molecule has 0 bridgehead atoms. The third-order valence-electron chi connectivity index (χ3n) is 3.20. The van der Waals surface area contributed by atoms with Crippen molar-refractivity contribution in [3.63, 3.8) is 0 Å². The van der Waals surface area contributed by atoms with Crippen molar-refractivity contribution in [1.29, 1.82) is 0 Å². The molecule has 0 aliphatic heterocycles. The van der Waals surface area contributed by atoms with Gasteiger partial charge in [0.2, 0.25) is 0 Å². The van der Waals surface area contributed by atoms with Crippen LogP contribution in [0.4, 0.5) is 5.69 Å². The summed E-state index contributed by atoms with van der Waals surface area (Å²) in [6, 6.07) is 12.6. The lowest BCUT2D eigenvalue weighted by Gasteiger charge is -2.16. The van der Waals surface area contributed by atoms with Gasteiger partial charge in [0, 0.05) is 10.7 Å². The number of aryl methyl sites for hydroxylation is 1. The van der Waals surface area contributed by atoms with Gasteiger partial charge in [0.15, 0.2) is 6.10 Å². The van der Waals surface area contributed by atoms with Gasteiger partial charge in [0.05, 0.1) is 5.02 Å². The summed E-state index contributed by atoms with van der Waals surface area (Å²) in [5.41, 5.74) is 1.95. The Morgan fingerprint density at radius 3 is 2.45 bits per heavy atom. The molecule has 0 aliphatic rings. The number of anilines is 1. The molecule has 1 unspecified atom stereocenters. The molecule has 0 heterocycles. The number of amides is 1. The molecular formula is C17H17Cl2NO2. The molecule has 116 valence electrons. The minimum atomic E-state index is -0.676. The Bertz CT molecular complexity index is 656. The van der Waals surface area contributed by atoms with Crippen LogP contribution in [0.5, 0.6) is 5.75 Å². The minimum Gasteiger partial charge on any atom is -0.479 e. The van der Waals surface area contributed by atoms with Crippen molar-refractivity contribution in [2.24, 2.45) is 0 Å². The second-order valence-electron chi connectivity index (χ2n) is 4.87. The average Bonchev–Trinajstić information content (AvgIpc) is 2.50. The fourth-order valence-corrected chi connectivity index (χ4v) is 2.34. The summed E-state index contributed by atoms with van der Waals surface area (Å²) in [4.78, 5) is 12.1. The van der Waals surface area contributed by atoms with Crippen molar-refractivity contribution >= 4 is 34.8 Å². The highest BCUT2D eigenvalue weighted by Crippen LogP contribution is 2.28. The lowest BCUT2D eigenvalue weighted by molar-refractivity contribution is -0.122. The van der Waals surface area contributed by atoms with Gasteiger partial charge >= 0.3 is 0 Å². The molecule has 0 spiro atoms. The number of halogens is 2. The largest absolute Gasteiger partial charge is 0.479 e. The van der Waals surface area contributed by atoms with Crippen molar-refractivity contribution in [1.82, 2.24) is 0 Å². The van der Waals surface area contributed by atoms with E-state index in [-0.39, 0.29) is 5.91 Å². The molecule has 1 N–H and O–H groups in total. The molecule has 1 atom stereocenters. The van der Waals surface area contributed by atoms with Gasteiger partial charge in [-0.2, -0.15) is 0 Å². The molecule has 0 aromatic heterocycles. The van der Waals surface area contributed by atoms with Crippen molar-refractivity contribution in [3.8, 4) is 5.75 Å². The number of hydrogen-bond acceptors (Lipinski definition) is 2. The van der Waals surface area contributed by atoms with Crippen LogP contribution in [0.1, 0.15) is 19.4 Å². The smallest absolute Gasteiger partial charge is 0.265 e. The van der Waals surface area contributed by atoms with E-state index < -0.39 is 6.10 Å². The molecule has 0 fully saturated rings. The summed E-state index contributed by atoms with van der Waals surface area (Å²) in [6.07, 6.45) is 0.285. The lowest BCUT2D eigenvalue weighted by Crippen LogP contribution is -2.30. The van der Waals surface area contributed by atoms with E-state index >= 15 is 0 Å². The summed E-state index contributed by atoms with van der Waals surface area (Å²) in [5, 5.41) is 3.70. The van der Waals surface area contributed by atoms with Crippen molar-refractivity contribution in [2.45, 2.75) is 26.4 Å². The first-order chi connectivity index (χ1) is 10.5. The van der Waals surface area contributed by atoms with E-state index in [1.807, 2.05) is 24.3 Å². The summed E-state index contributed by atoms with van der Waals surface area (Å²) in [6.45, 7) is 3.75. The third kappa shape index (κ3) is 4.39. The minimum absolute atomic E-state index is 0.240. The number of ether oxygens (including phenoxy) is 1. The standard InChI is InChI=1S/C17H17Cl2NO2/c1-3-12-4-7-14(8-5-12)20-17(21)11(2)22-16-9-6-13(18)10-15(16)19/h4-11H,3H2,1-2H3,(H,20,21). The first-order valence-electron chi connectivity index (χ1n) is 7.01. The Hall–Kier alpha value is -1.71. The van der Waals surface area contributed by atoms with Crippen LogP contribution in [0.3, 0.4) is 0 Å². The predicted molar refractivity (Wildman–Crippen MR) is 91.0 cm³/mol. The van der Waals surface area contributed by atoms with Gasteiger partial charge in [-0.05, 0) is 49.2 Å². The number of nitrogens with one attached hydrogen (secondary N) is 1. The third-order valence-corrected chi connectivity index (χ3v) is 3.73. The molecule has 2 rings (SSSR count). The molecule has 0 radical (unpaired) electrons.